The molecule has 2 aromatic carbocycles. The highest BCUT2D eigenvalue weighted by Crippen LogP contribution is 2.38. The van der Waals surface area contributed by atoms with Crippen LogP contribution in [0.1, 0.15) is 5.56 Å². The zero-order chi connectivity index (χ0) is 23.9. The quantitative estimate of drug-likeness (QED) is 0.598. The lowest BCUT2D eigenvalue weighted by Crippen LogP contribution is -2.48. The highest BCUT2D eigenvalue weighted by Gasteiger charge is 2.51. The van der Waals surface area contributed by atoms with Gasteiger partial charge in [0.15, 0.2) is 0 Å². The van der Waals surface area contributed by atoms with Gasteiger partial charge in [0.25, 0.3) is 0 Å². The molecular formula is C19H15Cl2F3N2O5S. The van der Waals surface area contributed by atoms with Gasteiger partial charge in [-0.15, -0.1) is 0 Å². The van der Waals surface area contributed by atoms with Gasteiger partial charge in [-0.1, -0.05) is 35.3 Å². The average molecular weight is 511 g/mol. The standard InChI is InChI=1S/C19H15Cl2F3N2O5S/c1-25-15-6-11(19(22,23)24)2-5-16(15)32(29,30)26-8-17(18(28,9-26)10-27)31-12-3-4-13(20)14(21)7-12/h2-7,17,27-28H,8-10H2/t17-,18+/m0/s1. The highest BCUT2D eigenvalue weighted by atomic mass is 35.5. The van der Waals surface area contributed by atoms with E-state index in [2.05, 4.69) is 4.85 Å². The first-order valence-electron chi connectivity index (χ1n) is 8.85. The molecule has 7 nitrogen and oxygen atoms in total. The minimum absolute atomic E-state index is 0.144. The summed E-state index contributed by atoms with van der Waals surface area (Å²) >= 11 is 11.8. The second-order valence-corrected chi connectivity index (χ2v) is 9.75. The molecule has 0 aromatic heterocycles. The minimum atomic E-state index is -4.76. The molecule has 0 radical (unpaired) electrons. The van der Waals surface area contributed by atoms with E-state index in [9.17, 15) is 31.8 Å². The van der Waals surface area contributed by atoms with Gasteiger partial charge >= 0.3 is 6.18 Å². The summed E-state index contributed by atoms with van der Waals surface area (Å²) in [7, 11) is -4.51. The van der Waals surface area contributed by atoms with Crippen molar-refractivity contribution in [2.24, 2.45) is 0 Å². The van der Waals surface area contributed by atoms with Crippen molar-refractivity contribution in [3.8, 4) is 5.75 Å². The number of benzene rings is 2. The van der Waals surface area contributed by atoms with Crippen LogP contribution >= 0.6 is 23.2 Å². The maximum atomic E-state index is 13.1. The Morgan fingerprint density at radius 3 is 2.47 bits per heavy atom. The van der Waals surface area contributed by atoms with Crippen LogP contribution in [0.2, 0.25) is 10.0 Å². The number of nitrogens with zero attached hydrogens (tertiary/aromatic N) is 2. The Morgan fingerprint density at radius 2 is 1.91 bits per heavy atom. The second kappa shape index (κ2) is 8.70. The van der Waals surface area contributed by atoms with Crippen molar-refractivity contribution < 1.29 is 36.5 Å². The van der Waals surface area contributed by atoms with E-state index >= 15 is 0 Å². The van der Waals surface area contributed by atoms with Crippen LogP contribution in [-0.4, -0.2) is 54.3 Å². The number of ether oxygens (including phenoxy) is 1. The maximum Gasteiger partial charge on any atom is 0.415 e. The molecule has 1 aliphatic rings. The number of rotatable bonds is 5. The van der Waals surface area contributed by atoms with Gasteiger partial charge in [-0.2, -0.15) is 17.5 Å². The third-order valence-corrected chi connectivity index (χ3v) is 7.48. The van der Waals surface area contributed by atoms with E-state index in [4.69, 9.17) is 34.5 Å². The summed E-state index contributed by atoms with van der Waals surface area (Å²) in [6.45, 7) is 5.18. The Kier molecular flexibility index (Phi) is 6.68. The molecule has 3 rings (SSSR count). The molecule has 1 saturated heterocycles. The summed E-state index contributed by atoms with van der Waals surface area (Å²) in [5, 5.41) is 20.8. The summed E-state index contributed by atoms with van der Waals surface area (Å²) in [5.41, 5.74) is -3.92. The average Bonchev–Trinajstić information content (AvgIpc) is 3.07. The van der Waals surface area contributed by atoms with Crippen LogP contribution in [0.15, 0.2) is 41.3 Å². The fourth-order valence-electron chi connectivity index (χ4n) is 3.16. The van der Waals surface area contributed by atoms with Crippen LogP contribution in [0.3, 0.4) is 0 Å². The fourth-order valence-corrected chi connectivity index (χ4v) is 5.06. The molecule has 2 atom stereocenters. The van der Waals surface area contributed by atoms with Gasteiger partial charge in [0, 0.05) is 18.2 Å². The van der Waals surface area contributed by atoms with Crippen molar-refractivity contribution in [3.63, 3.8) is 0 Å². The van der Waals surface area contributed by atoms with E-state index < -0.39 is 63.7 Å². The normalized spacial score (nSPS) is 22.0. The molecule has 32 heavy (non-hydrogen) atoms. The van der Waals surface area contributed by atoms with Gasteiger partial charge in [0.05, 0.1) is 34.7 Å². The van der Waals surface area contributed by atoms with Crippen LogP contribution in [0.25, 0.3) is 4.85 Å². The third-order valence-electron chi connectivity index (χ3n) is 4.89. The lowest BCUT2D eigenvalue weighted by Gasteiger charge is -2.27. The topological polar surface area (TPSA) is 91.4 Å². The first kappa shape index (κ1) is 24.6. The van der Waals surface area contributed by atoms with Crippen LogP contribution in [0.5, 0.6) is 5.75 Å². The molecule has 13 heteroatoms. The number of sulfonamides is 1. The van der Waals surface area contributed by atoms with Crippen LogP contribution in [0, 0.1) is 6.57 Å². The molecular weight excluding hydrogens is 496 g/mol. The molecule has 2 aromatic rings. The largest absolute Gasteiger partial charge is 0.486 e. The van der Waals surface area contributed by atoms with Gasteiger partial charge in [0.2, 0.25) is 15.7 Å². The van der Waals surface area contributed by atoms with Crippen LogP contribution < -0.4 is 4.74 Å². The molecule has 0 spiro atoms. The molecule has 172 valence electrons. The van der Waals surface area contributed by atoms with Crippen molar-refractivity contribution in [1.82, 2.24) is 4.31 Å². The number of hydrogen-bond acceptors (Lipinski definition) is 5. The highest BCUT2D eigenvalue weighted by molar-refractivity contribution is 7.89. The maximum absolute atomic E-state index is 13.1. The number of hydrogen-bond donors (Lipinski definition) is 2. The zero-order valence-corrected chi connectivity index (χ0v) is 18.3. The molecule has 1 heterocycles. The SMILES string of the molecule is [C-]#[N+]c1cc(C(F)(F)F)ccc1S(=O)(=O)N1C[C@H](Oc2ccc(Cl)c(Cl)c2)[C@](O)(CO)C1. The lowest BCUT2D eigenvalue weighted by atomic mass is 10.0. The van der Waals surface area contributed by atoms with Crippen LogP contribution in [-0.2, 0) is 16.2 Å². The molecule has 0 unspecified atom stereocenters. The van der Waals surface area contributed by atoms with E-state index in [0.717, 1.165) is 4.31 Å². The Balaban J connectivity index is 1.94. The monoisotopic (exact) mass is 510 g/mol. The van der Waals surface area contributed by atoms with E-state index in [-0.39, 0.29) is 15.8 Å². The van der Waals surface area contributed by atoms with E-state index in [1.54, 1.807) is 0 Å². The minimum Gasteiger partial charge on any atom is -0.486 e. The van der Waals surface area contributed by atoms with Crippen LogP contribution in [0.4, 0.5) is 18.9 Å². The summed E-state index contributed by atoms with van der Waals surface area (Å²) in [6, 6.07) is 5.88. The smallest absolute Gasteiger partial charge is 0.415 e. The summed E-state index contributed by atoms with van der Waals surface area (Å²) in [4.78, 5) is 2.26. The first-order valence-corrected chi connectivity index (χ1v) is 11.1. The second-order valence-electron chi connectivity index (χ2n) is 7.03. The van der Waals surface area contributed by atoms with Gasteiger partial charge in [-0.3, -0.25) is 0 Å². The molecule has 1 aliphatic heterocycles. The Bertz CT molecular complexity index is 1190. The molecule has 0 saturated carbocycles. The number of aliphatic hydroxyl groups excluding tert-OH is 1. The van der Waals surface area contributed by atoms with Crippen molar-refractivity contribution >= 4 is 38.9 Å². The van der Waals surface area contributed by atoms with E-state index in [1.165, 1.54) is 18.2 Å². The Morgan fingerprint density at radius 1 is 1.22 bits per heavy atom. The van der Waals surface area contributed by atoms with E-state index in [1.807, 2.05) is 0 Å². The Labute approximate surface area is 191 Å². The van der Waals surface area contributed by atoms with Crippen molar-refractivity contribution in [2.75, 3.05) is 19.7 Å². The van der Waals surface area contributed by atoms with E-state index in [0.29, 0.717) is 18.2 Å². The summed E-state index contributed by atoms with van der Waals surface area (Å²) in [6.07, 6.45) is -6.00. The zero-order valence-electron chi connectivity index (χ0n) is 16.0. The van der Waals surface area contributed by atoms with Gasteiger partial charge in [-0.05, 0) is 18.2 Å². The molecule has 1 fully saturated rings. The summed E-state index contributed by atoms with van der Waals surface area (Å²) < 4.78 is 71.4. The van der Waals surface area contributed by atoms with Crippen molar-refractivity contribution in [1.29, 1.82) is 0 Å². The van der Waals surface area contributed by atoms with Gasteiger partial charge in [-0.25, -0.2) is 13.3 Å². The molecule has 0 aliphatic carbocycles. The lowest BCUT2D eigenvalue weighted by molar-refractivity contribution is -0.137. The van der Waals surface area contributed by atoms with Gasteiger partial charge < -0.3 is 14.9 Å². The van der Waals surface area contributed by atoms with Gasteiger partial charge in [0.1, 0.15) is 17.5 Å². The number of alkyl halides is 3. The summed E-state index contributed by atoms with van der Waals surface area (Å²) in [5.74, 6) is 0.145. The predicted octanol–water partition coefficient (Wildman–Crippen LogP) is 3.74. The molecule has 0 amide bonds. The Hall–Kier alpha value is -2.07. The van der Waals surface area contributed by atoms with Crippen molar-refractivity contribution in [3.05, 3.63) is 63.4 Å². The number of β-amino-alcohol motifs (C(OH)–C–C–N with tert-alkyl or cyclic N) is 1. The number of aliphatic hydroxyl groups is 2. The predicted molar refractivity (Wildman–Crippen MR) is 109 cm³/mol. The first-order chi connectivity index (χ1) is 14.8. The fraction of sp³-hybridized carbons (Fsp3) is 0.316. The van der Waals surface area contributed by atoms with Crippen molar-refractivity contribution in [2.45, 2.75) is 22.8 Å². The third kappa shape index (κ3) is 4.66. The molecule has 0 bridgehead atoms. The number of halogens is 5. The molecule has 2 N–H and O–H groups in total.